The Kier molecular flexibility index (Phi) is 8.43. The Hall–Kier alpha value is -4.59. The van der Waals surface area contributed by atoms with E-state index in [2.05, 4.69) is 10.6 Å². The Morgan fingerprint density at radius 1 is 0.763 bits per heavy atom. The van der Waals surface area contributed by atoms with Crippen molar-refractivity contribution >= 4 is 28.6 Å². The van der Waals surface area contributed by atoms with Crippen LogP contribution < -0.4 is 10.6 Å². The maximum Gasteiger partial charge on any atom is 0.408 e. The van der Waals surface area contributed by atoms with Crippen LogP contribution in [-0.2, 0) is 33.9 Å². The molecule has 0 unspecified atom stereocenters. The molecule has 0 heterocycles. The van der Waals surface area contributed by atoms with Crippen molar-refractivity contribution in [2.45, 2.75) is 31.5 Å². The van der Waals surface area contributed by atoms with Crippen LogP contribution >= 0.6 is 0 Å². The minimum Gasteiger partial charge on any atom is -0.445 e. The van der Waals surface area contributed by atoms with Crippen molar-refractivity contribution < 1.29 is 27.9 Å². The Morgan fingerprint density at radius 3 is 2.08 bits per heavy atom. The number of rotatable bonds is 10. The maximum absolute atomic E-state index is 15.1. The van der Waals surface area contributed by atoms with Crippen LogP contribution in [0.1, 0.15) is 16.7 Å². The van der Waals surface area contributed by atoms with Gasteiger partial charge in [-0.3, -0.25) is 9.59 Å². The van der Waals surface area contributed by atoms with Gasteiger partial charge in [0.2, 0.25) is 5.78 Å². The third-order valence-electron chi connectivity index (χ3n) is 6.02. The number of hydrogen-bond donors (Lipinski definition) is 2. The molecule has 0 aliphatic rings. The van der Waals surface area contributed by atoms with Crippen molar-refractivity contribution in [2.24, 2.45) is 0 Å². The van der Waals surface area contributed by atoms with Crippen molar-refractivity contribution in [2.75, 3.05) is 0 Å². The van der Waals surface area contributed by atoms with Crippen LogP contribution in [-0.4, -0.2) is 29.7 Å². The molecule has 0 saturated heterocycles. The molecule has 0 radical (unpaired) electrons. The lowest BCUT2D eigenvalue weighted by atomic mass is 9.94. The number of nitrogens with one attached hydrogen (secondary N) is 2. The van der Waals surface area contributed by atoms with Crippen LogP contribution in [0.4, 0.5) is 13.6 Å². The Morgan fingerprint density at radius 2 is 1.37 bits per heavy atom. The highest BCUT2D eigenvalue weighted by molar-refractivity contribution is 6.10. The highest BCUT2D eigenvalue weighted by Gasteiger charge is 2.50. The van der Waals surface area contributed by atoms with Gasteiger partial charge in [-0.05, 0) is 27.5 Å². The molecule has 4 aromatic carbocycles. The topological polar surface area (TPSA) is 84.5 Å². The van der Waals surface area contributed by atoms with Gasteiger partial charge in [0.25, 0.3) is 5.91 Å². The molecule has 38 heavy (non-hydrogen) atoms. The van der Waals surface area contributed by atoms with E-state index in [1.54, 1.807) is 84.9 Å². The second-order valence-corrected chi connectivity index (χ2v) is 8.71. The number of alkyl carbamates (subject to hydrolysis) is 1. The average molecular weight is 517 g/mol. The minimum atomic E-state index is -4.39. The van der Waals surface area contributed by atoms with Crippen molar-refractivity contribution in [3.63, 3.8) is 0 Å². The van der Waals surface area contributed by atoms with Crippen LogP contribution in [0.3, 0.4) is 0 Å². The summed E-state index contributed by atoms with van der Waals surface area (Å²) in [6.07, 6.45) is -1.31. The number of ketones is 1. The molecule has 0 aliphatic carbocycles. The molecule has 6 nitrogen and oxygen atoms in total. The van der Waals surface area contributed by atoms with Crippen LogP contribution in [0.2, 0.25) is 0 Å². The lowest BCUT2D eigenvalue weighted by Gasteiger charge is -2.23. The molecule has 194 valence electrons. The van der Waals surface area contributed by atoms with Gasteiger partial charge in [-0.1, -0.05) is 103 Å². The van der Waals surface area contributed by atoms with E-state index in [1.165, 1.54) is 0 Å². The number of carbonyl (C=O) groups excluding carboxylic acids is 3. The molecule has 4 rings (SSSR count). The maximum atomic E-state index is 15.1. The van der Waals surface area contributed by atoms with Gasteiger partial charge in [-0.25, -0.2) is 4.79 Å². The average Bonchev–Trinajstić information content (AvgIpc) is 2.95. The fourth-order valence-electron chi connectivity index (χ4n) is 4.03. The molecular formula is C30H26F2N2O4. The first-order chi connectivity index (χ1) is 18.3. The zero-order valence-corrected chi connectivity index (χ0v) is 20.4. The monoisotopic (exact) mass is 516 g/mol. The largest absolute Gasteiger partial charge is 0.445 e. The van der Waals surface area contributed by atoms with E-state index in [4.69, 9.17) is 4.74 Å². The van der Waals surface area contributed by atoms with E-state index in [1.807, 2.05) is 18.2 Å². The van der Waals surface area contributed by atoms with Gasteiger partial charge in [-0.15, -0.1) is 0 Å². The first-order valence-electron chi connectivity index (χ1n) is 12.0. The molecule has 0 bridgehead atoms. The standard InChI is InChI=1S/C30H26F2N2O4/c31-30(32,28(36)33-19-21-10-3-1-4-11-21)27(35)26(34-29(37)38-20-22-12-5-2-6-13-22)18-24-16-9-15-23-14-7-8-17-25(23)24/h1-17,26H,18-20H2,(H,33,36)(H,34,37)/t26-/m0/s1. The number of alkyl halides is 2. The van der Waals surface area contributed by atoms with Crippen LogP contribution in [0.15, 0.2) is 103 Å². The lowest BCUT2D eigenvalue weighted by molar-refractivity contribution is -0.159. The SMILES string of the molecule is O=C(N[C@@H](Cc1cccc2ccccc12)C(=O)C(F)(F)C(=O)NCc1ccccc1)OCc1ccccc1. The summed E-state index contributed by atoms with van der Waals surface area (Å²) in [5.41, 5.74) is 1.84. The molecule has 4 aromatic rings. The highest BCUT2D eigenvalue weighted by Crippen LogP contribution is 2.24. The van der Waals surface area contributed by atoms with Gasteiger partial charge < -0.3 is 15.4 Å². The summed E-state index contributed by atoms with van der Waals surface area (Å²) in [5, 5.41) is 5.96. The summed E-state index contributed by atoms with van der Waals surface area (Å²) in [5.74, 6) is -7.86. The van der Waals surface area contributed by atoms with E-state index in [0.29, 0.717) is 16.7 Å². The van der Waals surface area contributed by atoms with Gasteiger partial charge in [0, 0.05) is 13.0 Å². The number of benzene rings is 4. The molecule has 0 spiro atoms. The third kappa shape index (κ3) is 6.59. The smallest absolute Gasteiger partial charge is 0.408 e. The number of carbonyl (C=O) groups is 3. The van der Waals surface area contributed by atoms with Crippen molar-refractivity contribution in [1.29, 1.82) is 0 Å². The zero-order valence-electron chi connectivity index (χ0n) is 20.4. The van der Waals surface area contributed by atoms with E-state index >= 15 is 8.78 Å². The number of Topliss-reactive ketones (excluding diaryl/α,β-unsaturated/α-hetero) is 1. The Bertz CT molecular complexity index is 1410. The number of amides is 2. The second-order valence-electron chi connectivity index (χ2n) is 8.71. The number of fused-ring (bicyclic) bond motifs is 1. The van der Waals surface area contributed by atoms with E-state index < -0.39 is 29.7 Å². The second kappa shape index (κ2) is 12.1. The highest BCUT2D eigenvalue weighted by atomic mass is 19.3. The fourth-order valence-corrected chi connectivity index (χ4v) is 4.03. The predicted molar refractivity (Wildman–Crippen MR) is 139 cm³/mol. The molecule has 2 N–H and O–H groups in total. The number of hydrogen-bond acceptors (Lipinski definition) is 4. The minimum absolute atomic E-state index is 0.115. The molecular weight excluding hydrogens is 490 g/mol. The van der Waals surface area contributed by atoms with E-state index in [-0.39, 0.29) is 19.6 Å². The van der Waals surface area contributed by atoms with Crippen molar-refractivity contribution in [3.05, 3.63) is 120 Å². The quantitative estimate of drug-likeness (QED) is 0.284. The molecule has 0 fully saturated rings. The summed E-state index contributed by atoms with van der Waals surface area (Å²) >= 11 is 0. The molecule has 2 amide bonds. The molecule has 0 saturated carbocycles. The Labute approximate surface area is 218 Å². The van der Waals surface area contributed by atoms with Gasteiger partial charge in [0.05, 0.1) is 0 Å². The van der Waals surface area contributed by atoms with Gasteiger partial charge in [0.1, 0.15) is 12.6 Å². The van der Waals surface area contributed by atoms with Crippen molar-refractivity contribution in [1.82, 2.24) is 10.6 Å². The molecule has 0 aliphatic heterocycles. The first-order valence-corrected chi connectivity index (χ1v) is 12.0. The van der Waals surface area contributed by atoms with Crippen LogP contribution in [0, 0.1) is 0 Å². The molecule has 0 aromatic heterocycles. The fraction of sp³-hybridized carbons (Fsp3) is 0.167. The van der Waals surface area contributed by atoms with Gasteiger partial charge >= 0.3 is 12.0 Å². The van der Waals surface area contributed by atoms with Crippen LogP contribution in [0.25, 0.3) is 10.8 Å². The first kappa shape index (κ1) is 26.5. The number of halogens is 2. The summed E-state index contributed by atoms with van der Waals surface area (Å²) in [7, 11) is 0. The number of ether oxygens (including phenoxy) is 1. The molecule has 8 heteroatoms. The summed E-state index contributed by atoms with van der Waals surface area (Å²) in [6.45, 7) is -0.293. The zero-order chi connectivity index (χ0) is 27.0. The van der Waals surface area contributed by atoms with Gasteiger partial charge in [0.15, 0.2) is 0 Å². The normalized spacial score (nSPS) is 11.9. The summed E-state index contributed by atoms with van der Waals surface area (Å²) in [4.78, 5) is 38.1. The van der Waals surface area contributed by atoms with E-state index in [9.17, 15) is 14.4 Å². The van der Waals surface area contributed by atoms with Crippen LogP contribution in [0.5, 0.6) is 0 Å². The summed E-state index contributed by atoms with van der Waals surface area (Å²) < 4.78 is 35.4. The lowest BCUT2D eigenvalue weighted by Crippen LogP contribution is -2.55. The third-order valence-corrected chi connectivity index (χ3v) is 6.02. The summed E-state index contributed by atoms with van der Waals surface area (Å²) in [6, 6.07) is 28.1. The van der Waals surface area contributed by atoms with Crippen molar-refractivity contribution in [3.8, 4) is 0 Å². The predicted octanol–water partition coefficient (Wildman–Crippen LogP) is 5.20. The molecule has 1 atom stereocenters. The Balaban J connectivity index is 1.53. The van der Waals surface area contributed by atoms with E-state index in [0.717, 1.165) is 10.8 Å². The van der Waals surface area contributed by atoms with Gasteiger partial charge in [-0.2, -0.15) is 8.78 Å².